The molecule has 0 aromatic heterocycles. The molecule has 0 fully saturated rings. The number of rotatable bonds is 21. The van der Waals surface area contributed by atoms with Gasteiger partial charge in [0, 0.05) is 0 Å². The van der Waals surface area contributed by atoms with Gasteiger partial charge in [0.1, 0.15) is 0 Å². The molecule has 0 spiro atoms. The molecule has 36 heavy (non-hydrogen) atoms. The molecule has 0 saturated carbocycles. The van der Waals surface area contributed by atoms with Crippen molar-refractivity contribution < 1.29 is 49.8 Å². The highest BCUT2D eigenvalue weighted by Gasteiger charge is 2.52. The highest BCUT2D eigenvalue weighted by molar-refractivity contribution is 5.41. The van der Waals surface area contributed by atoms with E-state index in [9.17, 15) is 49.8 Å². The van der Waals surface area contributed by atoms with Crippen LogP contribution in [0, 0.1) is 10.8 Å². The standard InChI is InChI=1S/C22H34N4O10/c27-9-19(10-28,11-29)21(23-15-33,24-16-34)7-5-3-1-2-4-6-8-22(25-17-35,26-18-36)20(12-30,13-31)14-32/h27-32H,1-14H2. The highest BCUT2D eigenvalue weighted by Crippen LogP contribution is 2.41. The molecule has 0 bridgehead atoms. The molecular weight excluding hydrogens is 480 g/mol. The number of unbranched alkanes of at least 4 members (excludes halogenated alkanes) is 5. The van der Waals surface area contributed by atoms with Crippen LogP contribution in [0.1, 0.15) is 51.4 Å². The normalized spacial score (nSPS) is 14.7. The average Bonchev–Trinajstić information content (AvgIpc) is 2.89. The maximum Gasteiger partial charge on any atom is 0.237 e. The molecule has 0 aliphatic rings. The number of hydrogen-bond donors (Lipinski definition) is 6. The highest BCUT2D eigenvalue weighted by atomic mass is 16.3. The van der Waals surface area contributed by atoms with Crippen LogP contribution < -0.4 is 0 Å². The Morgan fingerprint density at radius 2 is 0.639 bits per heavy atom. The second kappa shape index (κ2) is 16.9. The zero-order valence-corrected chi connectivity index (χ0v) is 20.0. The Morgan fingerprint density at radius 1 is 0.417 bits per heavy atom. The van der Waals surface area contributed by atoms with E-state index in [2.05, 4.69) is 20.0 Å². The Balaban J connectivity index is 5.19. The van der Waals surface area contributed by atoms with E-state index in [1.807, 2.05) is 0 Å². The van der Waals surface area contributed by atoms with Gasteiger partial charge in [0.2, 0.25) is 24.3 Å². The zero-order valence-electron chi connectivity index (χ0n) is 20.0. The van der Waals surface area contributed by atoms with E-state index >= 15 is 0 Å². The SMILES string of the molecule is O=C=NC(CCCCCCCCC(N=C=O)(N=C=O)C(CO)(CO)CO)(N=C=O)C(CO)(CO)CO. The molecule has 0 heterocycles. The molecule has 0 radical (unpaired) electrons. The maximum atomic E-state index is 11.0. The Kier molecular flexibility index (Phi) is 15.6. The summed E-state index contributed by atoms with van der Waals surface area (Å²) in [5.41, 5.74) is -7.42. The number of aliphatic hydroxyl groups is 6. The summed E-state index contributed by atoms with van der Waals surface area (Å²) < 4.78 is 0. The van der Waals surface area contributed by atoms with Crippen molar-refractivity contribution >= 4 is 24.3 Å². The van der Waals surface area contributed by atoms with Crippen molar-refractivity contribution in [1.82, 2.24) is 0 Å². The zero-order chi connectivity index (χ0) is 27.6. The first-order chi connectivity index (χ1) is 17.3. The Bertz CT molecular complexity index is 726. The minimum absolute atomic E-state index is 0.0591. The molecule has 0 aromatic carbocycles. The fraction of sp³-hybridized carbons (Fsp3) is 0.818. The van der Waals surface area contributed by atoms with Crippen molar-refractivity contribution in [2.75, 3.05) is 39.6 Å². The van der Waals surface area contributed by atoms with Gasteiger partial charge < -0.3 is 30.6 Å². The summed E-state index contributed by atoms with van der Waals surface area (Å²) in [4.78, 5) is 58.0. The predicted octanol–water partition coefficient (Wildman–Crippen LogP) is -1.23. The van der Waals surface area contributed by atoms with E-state index in [4.69, 9.17) is 0 Å². The summed E-state index contributed by atoms with van der Waals surface area (Å²) in [6, 6.07) is 0. The molecule has 0 amide bonds. The van der Waals surface area contributed by atoms with Crippen molar-refractivity contribution in [3.05, 3.63) is 0 Å². The van der Waals surface area contributed by atoms with Crippen molar-refractivity contribution in [3.63, 3.8) is 0 Å². The second-order valence-electron chi connectivity index (χ2n) is 8.58. The second-order valence-corrected chi connectivity index (χ2v) is 8.58. The Morgan fingerprint density at radius 3 is 0.833 bits per heavy atom. The quantitative estimate of drug-likeness (QED) is 0.0605. The molecule has 0 unspecified atom stereocenters. The molecule has 6 N–H and O–H groups in total. The first-order valence-corrected chi connectivity index (χ1v) is 11.3. The van der Waals surface area contributed by atoms with Gasteiger partial charge in [-0.15, -0.1) is 0 Å². The minimum Gasteiger partial charge on any atom is -0.395 e. The Hall–Kier alpha value is -2.72. The van der Waals surface area contributed by atoms with Crippen LogP contribution in [0.5, 0.6) is 0 Å². The lowest BCUT2D eigenvalue weighted by molar-refractivity contribution is -0.0526. The van der Waals surface area contributed by atoms with E-state index in [0.29, 0.717) is 38.5 Å². The number of aliphatic imine (C=N–C) groups is 4. The fourth-order valence-electron chi connectivity index (χ4n) is 4.09. The molecule has 0 aromatic rings. The van der Waals surface area contributed by atoms with E-state index in [0.717, 1.165) is 0 Å². The van der Waals surface area contributed by atoms with Gasteiger partial charge in [-0.25, -0.2) is 19.2 Å². The lowest BCUT2D eigenvalue weighted by Crippen LogP contribution is -2.53. The number of hydrogen-bond acceptors (Lipinski definition) is 14. The van der Waals surface area contributed by atoms with E-state index in [1.54, 1.807) is 0 Å². The van der Waals surface area contributed by atoms with Crippen LogP contribution in [0.25, 0.3) is 0 Å². The summed E-state index contributed by atoms with van der Waals surface area (Å²) in [6.45, 7) is -4.82. The Labute approximate surface area is 207 Å². The molecule has 0 aliphatic heterocycles. The molecule has 202 valence electrons. The molecule has 14 heteroatoms. The van der Waals surface area contributed by atoms with Crippen LogP contribution in [0.2, 0.25) is 0 Å². The van der Waals surface area contributed by atoms with Gasteiger partial charge >= 0.3 is 0 Å². The number of nitrogens with zero attached hydrogens (tertiary/aromatic N) is 4. The minimum atomic E-state index is -1.93. The van der Waals surface area contributed by atoms with Gasteiger partial charge in [-0.3, -0.25) is 0 Å². The summed E-state index contributed by atoms with van der Waals surface area (Å²) >= 11 is 0. The number of carbonyl (C=O) groups excluding carboxylic acids is 4. The van der Waals surface area contributed by atoms with E-state index in [1.165, 1.54) is 24.3 Å². The van der Waals surface area contributed by atoms with Crippen molar-refractivity contribution in [1.29, 1.82) is 0 Å². The molecule has 0 rings (SSSR count). The first-order valence-electron chi connectivity index (χ1n) is 11.3. The largest absolute Gasteiger partial charge is 0.395 e. The summed E-state index contributed by atoms with van der Waals surface area (Å²) in [5, 5.41) is 58.2. The van der Waals surface area contributed by atoms with E-state index < -0.39 is 61.8 Å². The number of aliphatic hydroxyl groups excluding tert-OH is 6. The van der Waals surface area contributed by atoms with Gasteiger partial charge in [0.25, 0.3) is 0 Å². The van der Waals surface area contributed by atoms with Crippen LogP contribution in [0.4, 0.5) is 0 Å². The van der Waals surface area contributed by atoms with Crippen LogP contribution in [0.15, 0.2) is 20.0 Å². The first kappa shape index (κ1) is 33.3. The third kappa shape index (κ3) is 7.39. The van der Waals surface area contributed by atoms with Crippen LogP contribution >= 0.6 is 0 Å². The van der Waals surface area contributed by atoms with Gasteiger partial charge in [0.05, 0.1) is 50.5 Å². The average molecular weight is 515 g/mol. The van der Waals surface area contributed by atoms with Crippen molar-refractivity contribution in [3.8, 4) is 0 Å². The number of isocyanates is 4. The van der Waals surface area contributed by atoms with Gasteiger partial charge in [0.15, 0.2) is 11.3 Å². The summed E-state index contributed by atoms with van der Waals surface area (Å²) in [6.07, 6.45) is 8.01. The van der Waals surface area contributed by atoms with Gasteiger partial charge in [-0.05, 0) is 25.7 Å². The van der Waals surface area contributed by atoms with Crippen LogP contribution in [-0.4, -0.2) is 106 Å². The van der Waals surface area contributed by atoms with Crippen molar-refractivity contribution in [2.24, 2.45) is 30.8 Å². The summed E-state index contributed by atoms with van der Waals surface area (Å²) in [7, 11) is 0. The van der Waals surface area contributed by atoms with E-state index in [-0.39, 0.29) is 12.8 Å². The summed E-state index contributed by atoms with van der Waals surface area (Å²) in [5.74, 6) is 0. The lowest BCUT2D eigenvalue weighted by Gasteiger charge is -2.40. The smallest absolute Gasteiger partial charge is 0.237 e. The monoisotopic (exact) mass is 514 g/mol. The molecule has 0 atom stereocenters. The van der Waals surface area contributed by atoms with Gasteiger partial charge in [-0.2, -0.15) is 20.0 Å². The van der Waals surface area contributed by atoms with Crippen molar-refractivity contribution in [2.45, 2.75) is 62.7 Å². The maximum absolute atomic E-state index is 11.0. The molecule has 0 aliphatic carbocycles. The lowest BCUT2D eigenvalue weighted by atomic mass is 9.74. The molecule has 0 saturated heterocycles. The van der Waals surface area contributed by atoms with Gasteiger partial charge in [-0.1, -0.05) is 25.7 Å². The van der Waals surface area contributed by atoms with Crippen LogP contribution in [0.3, 0.4) is 0 Å². The predicted molar refractivity (Wildman–Crippen MR) is 122 cm³/mol. The molecule has 14 nitrogen and oxygen atoms in total. The third-order valence-electron chi connectivity index (χ3n) is 6.74. The third-order valence-corrected chi connectivity index (χ3v) is 6.74. The topological polar surface area (TPSA) is 239 Å². The van der Waals surface area contributed by atoms with Crippen LogP contribution in [-0.2, 0) is 19.2 Å². The fourth-order valence-corrected chi connectivity index (χ4v) is 4.09. The molecular formula is C22H34N4O10.